The van der Waals surface area contributed by atoms with Gasteiger partial charge in [0.2, 0.25) is 0 Å². The molecule has 5 nitrogen and oxygen atoms in total. The number of nitrogen functional groups attached to an aromatic ring is 1. The molecule has 1 saturated heterocycles. The summed E-state index contributed by atoms with van der Waals surface area (Å²) in [5.74, 6) is 6.12. The third-order valence-corrected chi connectivity index (χ3v) is 4.32. The Hall–Kier alpha value is -1.71. The SMILES string of the molecule is CC/C(C#N)=C\c1ccc(B2OC(C)(C)C(C)(C)O2)n1N. The Kier molecular flexibility index (Phi) is 3.92. The lowest BCUT2D eigenvalue weighted by atomic mass is 9.85. The fraction of sp³-hybridized carbons (Fsp3) is 0.533. The van der Waals surface area contributed by atoms with E-state index in [0.717, 1.165) is 11.3 Å². The summed E-state index contributed by atoms with van der Waals surface area (Å²) >= 11 is 0. The summed E-state index contributed by atoms with van der Waals surface area (Å²) in [5, 5.41) is 9.02. The maximum Gasteiger partial charge on any atom is 0.514 e. The highest BCUT2D eigenvalue weighted by atomic mass is 16.7. The van der Waals surface area contributed by atoms with Crippen LogP contribution in [0.25, 0.3) is 6.08 Å². The first kappa shape index (κ1) is 15.7. The molecule has 0 amide bonds. The smallest absolute Gasteiger partial charge is 0.398 e. The molecule has 0 saturated carbocycles. The van der Waals surface area contributed by atoms with Gasteiger partial charge in [0.25, 0.3) is 0 Å². The van der Waals surface area contributed by atoms with Crippen molar-refractivity contribution in [3.63, 3.8) is 0 Å². The topological polar surface area (TPSA) is 73.2 Å². The molecular formula is C15H22BN3O2. The summed E-state index contributed by atoms with van der Waals surface area (Å²) in [5.41, 5.74) is 1.38. The fourth-order valence-corrected chi connectivity index (χ4v) is 2.15. The Morgan fingerprint density at radius 1 is 1.33 bits per heavy atom. The van der Waals surface area contributed by atoms with Gasteiger partial charge in [-0.25, -0.2) is 0 Å². The van der Waals surface area contributed by atoms with Crippen LogP contribution < -0.4 is 11.4 Å². The maximum absolute atomic E-state index is 9.02. The van der Waals surface area contributed by atoms with Crippen molar-refractivity contribution in [2.45, 2.75) is 52.2 Å². The van der Waals surface area contributed by atoms with Crippen molar-refractivity contribution < 1.29 is 9.31 Å². The van der Waals surface area contributed by atoms with Crippen LogP contribution in [0.4, 0.5) is 0 Å². The van der Waals surface area contributed by atoms with Gasteiger partial charge in [0.1, 0.15) is 0 Å². The second kappa shape index (κ2) is 5.25. The molecule has 1 aliphatic rings. The average Bonchev–Trinajstić information content (AvgIpc) is 2.85. The van der Waals surface area contributed by atoms with E-state index in [9.17, 15) is 0 Å². The molecule has 6 heteroatoms. The van der Waals surface area contributed by atoms with Gasteiger partial charge in [-0.15, -0.1) is 0 Å². The zero-order valence-electron chi connectivity index (χ0n) is 13.3. The van der Waals surface area contributed by atoms with Crippen LogP contribution in [0.1, 0.15) is 46.7 Å². The van der Waals surface area contributed by atoms with Crippen LogP contribution in [0.3, 0.4) is 0 Å². The van der Waals surface area contributed by atoms with E-state index in [4.69, 9.17) is 20.4 Å². The lowest BCUT2D eigenvalue weighted by Crippen LogP contribution is -2.42. The van der Waals surface area contributed by atoms with E-state index in [2.05, 4.69) is 6.07 Å². The van der Waals surface area contributed by atoms with E-state index in [0.29, 0.717) is 12.0 Å². The number of aromatic nitrogens is 1. The van der Waals surface area contributed by atoms with Crippen molar-refractivity contribution in [2.75, 3.05) is 5.84 Å². The molecule has 1 aliphatic heterocycles. The monoisotopic (exact) mass is 287 g/mol. The predicted octanol–water partition coefficient (Wildman–Crippen LogP) is 1.82. The number of nitrogens with two attached hydrogens (primary N) is 1. The summed E-state index contributed by atoms with van der Waals surface area (Å²) in [6.45, 7) is 9.95. The first-order chi connectivity index (χ1) is 9.71. The van der Waals surface area contributed by atoms with Gasteiger partial charge in [-0.1, -0.05) is 6.92 Å². The van der Waals surface area contributed by atoms with E-state index in [1.807, 2.05) is 46.8 Å². The van der Waals surface area contributed by atoms with Crippen molar-refractivity contribution in [3.8, 4) is 6.07 Å². The molecule has 2 rings (SSSR count). The number of nitrogens with zero attached hydrogens (tertiary/aromatic N) is 2. The lowest BCUT2D eigenvalue weighted by molar-refractivity contribution is 0.00578. The Morgan fingerprint density at radius 2 is 1.90 bits per heavy atom. The third-order valence-electron chi connectivity index (χ3n) is 4.32. The van der Waals surface area contributed by atoms with Gasteiger partial charge >= 0.3 is 7.12 Å². The molecule has 0 atom stereocenters. The van der Waals surface area contributed by atoms with Crippen LogP contribution in [-0.4, -0.2) is 23.0 Å². The van der Waals surface area contributed by atoms with E-state index in [1.54, 1.807) is 6.08 Å². The van der Waals surface area contributed by atoms with Gasteiger partial charge in [-0.05, 0) is 52.3 Å². The Balaban J connectivity index is 2.31. The van der Waals surface area contributed by atoms with E-state index < -0.39 is 18.3 Å². The molecule has 2 N–H and O–H groups in total. The zero-order valence-corrected chi connectivity index (χ0v) is 13.3. The largest absolute Gasteiger partial charge is 0.514 e. The highest BCUT2D eigenvalue weighted by Gasteiger charge is 2.52. The first-order valence-electron chi connectivity index (χ1n) is 7.15. The Bertz CT molecular complexity index is 595. The molecule has 0 radical (unpaired) electrons. The van der Waals surface area contributed by atoms with E-state index >= 15 is 0 Å². The number of hydrogen-bond donors (Lipinski definition) is 1. The lowest BCUT2D eigenvalue weighted by Gasteiger charge is -2.32. The highest BCUT2D eigenvalue weighted by molar-refractivity contribution is 6.61. The van der Waals surface area contributed by atoms with Crippen molar-refractivity contribution >= 4 is 18.8 Å². The molecule has 112 valence electrons. The molecular weight excluding hydrogens is 265 g/mol. The normalized spacial score (nSPS) is 20.6. The van der Waals surface area contributed by atoms with Crippen LogP contribution in [0, 0.1) is 11.3 Å². The van der Waals surface area contributed by atoms with E-state index in [1.165, 1.54) is 4.68 Å². The van der Waals surface area contributed by atoms with Crippen LogP contribution in [-0.2, 0) is 9.31 Å². The first-order valence-corrected chi connectivity index (χ1v) is 7.15. The quantitative estimate of drug-likeness (QED) is 0.523. The molecule has 0 bridgehead atoms. The van der Waals surface area contributed by atoms with Crippen molar-refractivity contribution in [3.05, 3.63) is 23.4 Å². The third kappa shape index (κ3) is 2.72. The molecule has 1 aromatic heterocycles. The van der Waals surface area contributed by atoms with Gasteiger partial charge in [-0.3, -0.25) is 4.68 Å². The Morgan fingerprint density at radius 3 is 2.38 bits per heavy atom. The van der Waals surface area contributed by atoms with E-state index in [-0.39, 0.29) is 0 Å². The standard InChI is InChI=1S/C15H22BN3O2/c1-6-11(10-17)9-12-7-8-13(19(12)18)16-20-14(2,3)15(4,5)21-16/h7-9H,6,18H2,1-5H3/b11-9+. The molecule has 0 aliphatic carbocycles. The minimum atomic E-state index is -0.505. The fourth-order valence-electron chi connectivity index (χ4n) is 2.15. The number of nitriles is 1. The van der Waals surface area contributed by atoms with Crippen molar-refractivity contribution in [1.82, 2.24) is 4.68 Å². The van der Waals surface area contributed by atoms with Crippen molar-refractivity contribution in [2.24, 2.45) is 0 Å². The molecule has 1 aromatic rings. The molecule has 1 fully saturated rings. The minimum Gasteiger partial charge on any atom is -0.398 e. The number of rotatable bonds is 3. The molecule has 21 heavy (non-hydrogen) atoms. The molecule has 0 spiro atoms. The zero-order chi connectivity index (χ0) is 15.8. The second-order valence-electron chi connectivity index (χ2n) is 6.28. The molecule has 0 unspecified atom stereocenters. The van der Waals surface area contributed by atoms with Gasteiger partial charge in [0.15, 0.2) is 0 Å². The van der Waals surface area contributed by atoms with Crippen LogP contribution in [0.2, 0.25) is 0 Å². The molecule has 2 heterocycles. The Labute approximate surface area is 126 Å². The summed E-state index contributed by atoms with van der Waals surface area (Å²) in [6.07, 6.45) is 2.46. The number of hydrogen-bond acceptors (Lipinski definition) is 4. The summed E-state index contributed by atoms with van der Waals surface area (Å²) in [4.78, 5) is 0. The minimum absolute atomic E-state index is 0.404. The average molecular weight is 287 g/mol. The van der Waals surface area contributed by atoms with Crippen LogP contribution in [0.15, 0.2) is 17.7 Å². The van der Waals surface area contributed by atoms with Crippen LogP contribution in [0.5, 0.6) is 0 Å². The summed E-state index contributed by atoms with van der Waals surface area (Å²) in [7, 11) is -0.505. The van der Waals surface area contributed by atoms with Gasteiger partial charge in [-0.2, -0.15) is 5.26 Å². The van der Waals surface area contributed by atoms with Crippen molar-refractivity contribution in [1.29, 1.82) is 5.26 Å². The number of allylic oxidation sites excluding steroid dienone is 1. The molecule has 0 aromatic carbocycles. The van der Waals surface area contributed by atoms with Gasteiger partial charge < -0.3 is 15.2 Å². The summed E-state index contributed by atoms with van der Waals surface area (Å²) < 4.78 is 13.5. The van der Waals surface area contributed by atoms with Gasteiger partial charge in [0.05, 0.1) is 28.6 Å². The predicted molar refractivity (Wildman–Crippen MR) is 84.2 cm³/mol. The van der Waals surface area contributed by atoms with Gasteiger partial charge in [0, 0.05) is 5.57 Å². The second-order valence-corrected chi connectivity index (χ2v) is 6.28. The maximum atomic E-state index is 9.02. The highest BCUT2D eigenvalue weighted by Crippen LogP contribution is 2.36. The van der Waals surface area contributed by atoms with Crippen LogP contribution >= 0.6 is 0 Å². The summed E-state index contributed by atoms with van der Waals surface area (Å²) in [6, 6.07) is 5.90.